The summed E-state index contributed by atoms with van der Waals surface area (Å²) in [6.45, 7) is 0. The maximum atomic E-state index is 9.47. The first-order chi connectivity index (χ1) is 13.7. The number of pyridine rings is 1. The van der Waals surface area contributed by atoms with E-state index in [0.717, 1.165) is 36.8 Å². The molecule has 0 amide bonds. The molecule has 0 bridgehead atoms. The van der Waals surface area contributed by atoms with E-state index in [1.807, 2.05) is 18.2 Å². The molecule has 2 aromatic heterocycles. The maximum absolute atomic E-state index is 9.47. The highest BCUT2D eigenvalue weighted by Crippen LogP contribution is 2.32. The first kappa shape index (κ1) is 18.6. The lowest BCUT2D eigenvalue weighted by molar-refractivity contribution is 0.0681. The van der Waals surface area contributed by atoms with Gasteiger partial charge in [-0.3, -0.25) is 0 Å². The van der Waals surface area contributed by atoms with Gasteiger partial charge in [0.2, 0.25) is 5.95 Å². The van der Waals surface area contributed by atoms with E-state index in [0.29, 0.717) is 39.7 Å². The monoisotopic (exact) mass is 393 g/mol. The zero-order chi connectivity index (χ0) is 19.5. The summed E-state index contributed by atoms with van der Waals surface area (Å²) in [6.07, 6.45) is 7.79. The molecule has 6 nitrogen and oxygen atoms in total. The lowest BCUT2D eigenvalue weighted by atomic mass is 9.93. The molecule has 0 saturated heterocycles. The van der Waals surface area contributed by atoms with E-state index in [1.54, 1.807) is 25.6 Å². The third kappa shape index (κ3) is 3.64. The fourth-order valence-corrected chi connectivity index (χ4v) is 3.88. The van der Waals surface area contributed by atoms with Crippen molar-refractivity contribution in [2.75, 3.05) is 12.4 Å². The normalized spacial score (nSPS) is 19.3. The van der Waals surface area contributed by atoms with Gasteiger partial charge in [0.15, 0.2) is 0 Å². The van der Waals surface area contributed by atoms with Crippen LogP contribution in [0.4, 0.5) is 5.95 Å². The number of halogens is 1. The second-order valence-electron chi connectivity index (χ2n) is 6.93. The molecular formula is C21H20ClN5O. The largest absolute Gasteiger partial charge is 0.381 e. The van der Waals surface area contributed by atoms with Crippen LogP contribution in [-0.2, 0) is 4.74 Å². The first-order valence-corrected chi connectivity index (χ1v) is 9.67. The molecule has 1 saturated carbocycles. The number of methoxy groups -OCH3 is 1. The van der Waals surface area contributed by atoms with E-state index in [1.165, 1.54) is 0 Å². The molecular weight excluding hydrogens is 374 g/mol. The smallest absolute Gasteiger partial charge is 0.223 e. The van der Waals surface area contributed by atoms with Crippen molar-refractivity contribution in [2.45, 2.75) is 37.8 Å². The molecule has 0 radical (unpaired) electrons. The molecule has 1 N–H and O–H groups in total. The fourth-order valence-electron chi connectivity index (χ4n) is 3.70. The molecule has 1 aromatic carbocycles. The van der Waals surface area contributed by atoms with E-state index in [-0.39, 0.29) is 0 Å². The van der Waals surface area contributed by atoms with Gasteiger partial charge >= 0.3 is 0 Å². The van der Waals surface area contributed by atoms with Crippen molar-refractivity contribution in [3.05, 3.63) is 47.4 Å². The second-order valence-corrected chi connectivity index (χ2v) is 7.29. The average molecular weight is 394 g/mol. The van der Waals surface area contributed by atoms with Crippen molar-refractivity contribution in [1.82, 2.24) is 15.0 Å². The number of nitrogens with zero attached hydrogens (tertiary/aromatic N) is 4. The number of hydrogen-bond donors (Lipinski definition) is 1. The van der Waals surface area contributed by atoms with Gasteiger partial charge in [-0.2, -0.15) is 5.26 Å². The summed E-state index contributed by atoms with van der Waals surface area (Å²) in [5, 5.41) is 13.9. The van der Waals surface area contributed by atoms with Crippen molar-refractivity contribution in [3.63, 3.8) is 0 Å². The van der Waals surface area contributed by atoms with Crippen LogP contribution in [0.2, 0.25) is 5.15 Å². The molecule has 0 atom stereocenters. The number of rotatable bonds is 4. The second kappa shape index (κ2) is 8.09. The van der Waals surface area contributed by atoms with Crippen LogP contribution in [0.5, 0.6) is 0 Å². The summed E-state index contributed by atoms with van der Waals surface area (Å²) in [5.41, 5.74) is 2.80. The summed E-state index contributed by atoms with van der Waals surface area (Å²) in [5.74, 6) is 0.561. The highest BCUT2D eigenvalue weighted by Gasteiger charge is 2.22. The Bertz CT molecular complexity index is 1040. The Balaban J connectivity index is 1.71. The zero-order valence-electron chi connectivity index (χ0n) is 15.5. The van der Waals surface area contributed by atoms with Gasteiger partial charge in [0.1, 0.15) is 5.15 Å². The van der Waals surface area contributed by atoms with Gasteiger partial charge in [0.25, 0.3) is 0 Å². The van der Waals surface area contributed by atoms with E-state index in [9.17, 15) is 5.26 Å². The Morgan fingerprint density at radius 1 is 1.11 bits per heavy atom. The Labute approximate surface area is 168 Å². The van der Waals surface area contributed by atoms with Crippen molar-refractivity contribution < 1.29 is 4.74 Å². The average Bonchev–Trinajstić information content (AvgIpc) is 2.74. The molecule has 2 heterocycles. The van der Waals surface area contributed by atoms with Crippen LogP contribution in [-0.4, -0.2) is 34.2 Å². The van der Waals surface area contributed by atoms with Gasteiger partial charge in [-0.05, 0) is 31.7 Å². The minimum Gasteiger partial charge on any atom is -0.381 e. The summed E-state index contributed by atoms with van der Waals surface area (Å²) in [4.78, 5) is 13.4. The minimum absolute atomic E-state index is 0.316. The van der Waals surface area contributed by atoms with Crippen molar-refractivity contribution >= 4 is 28.5 Å². The van der Waals surface area contributed by atoms with Crippen LogP contribution in [0.3, 0.4) is 0 Å². The number of nitrogens with one attached hydrogen (secondary N) is 1. The van der Waals surface area contributed by atoms with Crippen LogP contribution >= 0.6 is 11.6 Å². The standard InChI is InChI=1S/C21H20ClN5O/c1-28-15-8-6-14(7-9-15)26-21-25-12-18-19(27-21)17(11-24-20(18)22)16-5-3-2-4-13(16)10-23/h2-5,11-12,14-15H,6-9H2,1H3,(H,25,26,27). The molecule has 3 aromatic rings. The molecule has 1 fully saturated rings. The zero-order valence-corrected chi connectivity index (χ0v) is 16.3. The van der Waals surface area contributed by atoms with Gasteiger partial charge in [0, 0.05) is 36.7 Å². The number of ether oxygens (including phenoxy) is 1. The van der Waals surface area contributed by atoms with Crippen LogP contribution in [0.1, 0.15) is 31.2 Å². The van der Waals surface area contributed by atoms with Crippen LogP contribution in [0, 0.1) is 11.3 Å². The van der Waals surface area contributed by atoms with Crippen LogP contribution in [0.15, 0.2) is 36.7 Å². The highest BCUT2D eigenvalue weighted by atomic mass is 35.5. The molecule has 142 valence electrons. The van der Waals surface area contributed by atoms with Crippen molar-refractivity contribution in [1.29, 1.82) is 5.26 Å². The van der Waals surface area contributed by atoms with E-state index in [2.05, 4.69) is 21.4 Å². The summed E-state index contributed by atoms with van der Waals surface area (Å²) < 4.78 is 5.44. The molecule has 0 aliphatic heterocycles. The van der Waals surface area contributed by atoms with Gasteiger partial charge in [0.05, 0.1) is 28.6 Å². The number of aromatic nitrogens is 3. The Morgan fingerprint density at radius 2 is 1.89 bits per heavy atom. The van der Waals surface area contributed by atoms with Crippen LogP contribution < -0.4 is 5.32 Å². The van der Waals surface area contributed by atoms with Crippen molar-refractivity contribution in [2.24, 2.45) is 0 Å². The quantitative estimate of drug-likeness (QED) is 0.653. The Morgan fingerprint density at radius 3 is 2.64 bits per heavy atom. The number of hydrogen-bond acceptors (Lipinski definition) is 6. The molecule has 4 rings (SSSR count). The lowest BCUT2D eigenvalue weighted by Gasteiger charge is -2.28. The number of anilines is 1. The maximum Gasteiger partial charge on any atom is 0.223 e. The summed E-state index contributed by atoms with van der Waals surface area (Å²) in [7, 11) is 1.77. The molecule has 0 spiro atoms. The van der Waals surface area contributed by atoms with E-state index >= 15 is 0 Å². The van der Waals surface area contributed by atoms with Gasteiger partial charge in [-0.25, -0.2) is 15.0 Å². The predicted molar refractivity (Wildman–Crippen MR) is 109 cm³/mol. The SMILES string of the molecule is COC1CCC(Nc2ncc3c(Cl)ncc(-c4ccccc4C#N)c3n2)CC1. The fraction of sp³-hybridized carbons (Fsp3) is 0.333. The summed E-state index contributed by atoms with van der Waals surface area (Å²) >= 11 is 6.28. The first-order valence-electron chi connectivity index (χ1n) is 9.29. The number of nitriles is 1. The molecule has 1 aliphatic rings. The highest BCUT2D eigenvalue weighted by molar-refractivity contribution is 6.34. The molecule has 1 aliphatic carbocycles. The van der Waals surface area contributed by atoms with Gasteiger partial charge in [-0.15, -0.1) is 0 Å². The third-order valence-corrected chi connectivity index (χ3v) is 5.55. The summed E-state index contributed by atoms with van der Waals surface area (Å²) in [6, 6.07) is 9.96. The molecule has 7 heteroatoms. The Kier molecular flexibility index (Phi) is 5.38. The van der Waals surface area contributed by atoms with Gasteiger partial charge in [-0.1, -0.05) is 29.8 Å². The molecule has 0 unspecified atom stereocenters. The lowest BCUT2D eigenvalue weighted by Crippen LogP contribution is -2.29. The van der Waals surface area contributed by atoms with Gasteiger partial charge < -0.3 is 10.1 Å². The third-order valence-electron chi connectivity index (χ3n) is 5.25. The number of benzene rings is 1. The van der Waals surface area contributed by atoms with Crippen molar-refractivity contribution in [3.8, 4) is 17.2 Å². The Hall–Kier alpha value is -2.75. The van der Waals surface area contributed by atoms with Crippen LogP contribution in [0.25, 0.3) is 22.0 Å². The topological polar surface area (TPSA) is 83.7 Å². The minimum atomic E-state index is 0.316. The predicted octanol–water partition coefficient (Wildman–Crippen LogP) is 4.59. The number of fused-ring (bicyclic) bond motifs is 1. The molecule has 28 heavy (non-hydrogen) atoms. The van der Waals surface area contributed by atoms with E-state index < -0.39 is 0 Å². The van der Waals surface area contributed by atoms with E-state index in [4.69, 9.17) is 21.3 Å².